The van der Waals surface area contributed by atoms with E-state index in [9.17, 15) is 0 Å². The van der Waals surface area contributed by atoms with Crippen LogP contribution in [0.4, 0.5) is 0 Å². The second-order valence-electron chi connectivity index (χ2n) is 7.73. The first kappa shape index (κ1) is 21.4. The number of nitrogens with one attached hydrogen (secondary N) is 4. The third-order valence-electron chi connectivity index (χ3n) is 5.55. The number of hydrazone groups is 2. The normalized spacial score (nSPS) is 16.1. The van der Waals surface area contributed by atoms with E-state index in [1.54, 1.807) is 12.4 Å². The molecule has 5 rings (SSSR count). The van der Waals surface area contributed by atoms with Crippen LogP contribution in [0.15, 0.2) is 80.9 Å². The summed E-state index contributed by atoms with van der Waals surface area (Å²) in [6, 6.07) is 16.9. The number of fused-ring (bicyclic) bond motifs is 2. The summed E-state index contributed by atoms with van der Waals surface area (Å²) in [6.07, 6.45) is 11.6. The number of rotatable bonds is 6. The van der Waals surface area contributed by atoms with Crippen molar-refractivity contribution in [2.75, 3.05) is 26.2 Å². The second kappa shape index (κ2) is 10.4. The van der Waals surface area contributed by atoms with Crippen molar-refractivity contribution in [1.82, 2.24) is 21.5 Å². The molecule has 4 N–H and O–H groups in total. The summed E-state index contributed by atoms with van der Waals surface area (Å²) in [5, 5.41) is 19.4. The highest BCUT2D eigenvalue weighted by Crippen LogP contribution is 2.34. The number of hydrogen-bond donors (Lipinski definition) is 4. The quantitative estimate of drug-likeness (QED) is 0.264. The van der Waals surface area contributed by atoms with E-state index in [1.165, 1.54) is 21.5 Å². The SMILES string of the molecule is C(=C\c1c2ccccc2c(/C=C/C=N/NC2=NCCN2)c2ccccc12)/C=N/NC1=NCCN1. The maximum atomic E-state index is 4.27. The molecule has 0 saturated heterocycles. The average Bonchev–Trinajstić information content (AvgIpc) is 3.59. The summed E-state index contributed by atoms with van der Waals surface area (Å²) in [6.45, 7) is 3.26. The molecule has 8 nitrogen and oxygen atoms in total. The zero-order valence-corrected chi connectivity index (χ0v) is 18.7. The molecule has 0 bridgehead atoms. The molecule has 2 aliphatic heterocycles. The van der Waals surface area contributed by atoms with Crippen molar-refractivity contribution < 1.29 is 0 Å². The number of hydrogen-bond acceptors (Lipinski definition) is 8. The Morgan fingerprint density at radius 2 is 1.06 bits per heavy atom. The molecule has 3 aromatic rings. The van der Waals surface area contributed by atoms with Crippen molar-refractivity contribution in [3.63, 3.8) is 0 Å². The summed E-state index contributed by atoms with van der Waals surface area (Å²) in [5.41, 5.74) is 8.16. The minimum absolute atomic E-state index is 0.711. The van der Waals surface area contributed by atoms with E-state index in [1.807, 2.05) is 12.2 Å². The molecule has 2 aliphatic rings. The summed E-state index contributed by atoms with van der Waals surface area (Å²) >= 11 is 0. The Kier molecular flexibility index (Phi) is 6.57. The van der Waals surface area contributed by atoms with E-state index in [2.05, 4.69) is 102 Å². The highest BCUT2D eigenvalue weighted by molar-refractivity contribution is 6.13. The fraction of sp³-hybridized carbons (Fsp3) is 0.154. The first-order valence-corrected chi connectivity index (χ1v) is 11.3. The fourth-order valence-corrected chi connectivity index (χ4v) is 4.06. The van der Waals surface area contributed by atoms with Crippen molar-refractivity contribution in [3.8, 4) is 0 Å². The van der Waals surface area contributed by atoms with Gasteiger partial charge in [0.1, 0.15) is 0 Å². The molecule has 0 spiro atoms. The highest BCUT2D eigenvalue weighted by atomic mass is 15.4. The molecule has 0 fully saturated rings. The molecule has 0 unspecified atom stereocenters. The smallest absolute Gasteiger partial charge is 0.212 e. The number of guanidine groups is 2. The van der Waals surface area contributed by atoms with E-state index >= 15 is 0 Å². The van der Waals surface area contributed by atoms with Crippen LogP contribution in [0.5, 0.6) is 0 Å². The molecule has 0 atom stereocenters. The molecule has 0 radical (unpaired) electrons. The molecular formula is C26H26N8. The van der Waals surface area contributed by atoms with Gasteiger partial charge < -0.3 is 10.6 Å². The van der Waals surface area contributed by atoms with Crippen LogP contribution in [-0.4, -0.2) is 50.5 Å². The lowest BCUT2D eigenvalue weighted by Crippen LogP contribution is -2.29. The molecule has 0 aliphatic carbocycles. The van der Waals surface area contributed by atoms with Gasteiger partial charge in [-0.15, -0.1) is 0 Å². The van der Waals surface area contributed by atoms with Gasteiger partial charge in [0.25, 0.3) is 0 Å². The van der Waals surface area contributed by atoms with Crippen LogP contribution in [0.1, 0.15) is 11.1 Å². The summed E-state index contributed by atoms with van der Waals surface area (Å²) in [5.74, 6) is 1.42. The van der Waals surface area contributed by atoms with Gasteiger partial charge in [-0.05, 0) is 44.8 Å². The van der Waals surface area contributed by atoms with E-state index in [4.69, 9.17) is 0 Å². The van der Waals surface area contributed by atoms with Gasteiger partial charge in [-0.1, -0.05) is 60.7 Å². The molecule has 2 heterocycles. The van der Waals surface area contributed by atoms with E-state index in [0.29, 0.717) is 11.9 Å². The van der Waals surface area contributed by atoms with Gasteiger partial charge in [-0.2, -0.15) is 10.2 Å². The Labute approximate surface area is 198 Å². The van der Waals surface area contributed by atoms with Gasteiger partial charge in [-0.25, -0.2) is 20.8 Å². The zero-order chi connectivity index (χ0) is 23.0. The van der Waals surface area contributed by atoms with Crippen LogP contribution in [0, 0.1) is 0 Å². The number of allylic oxidation sites excluding steroid dienone is 2. The molecule has 34 heavy (non-hydrogen) atoms. The van der Waals surface area contributed by atoms with Crippen molar-refractivity contribution in [3.05, 3.63) is 71.8 Å². The monoisotopic (exact) mass is 450 g/mol. The van der Waals surface area contributed by atoms with Gasteiger partial charge in [0, 0.05) is 25.5 Å². The molecule has 170 valence electrons. The largest absolute Gasteiger partial charge is 0.353 e. The van der Waals surface area contributed by atoms with Crippen LogP contribution in [0.2, 0.25) is 0 Å². The molecule has 0 amide bonds. The molecule has 8 heteroatoms. The van der Waals surface area contributed by atoms with E-state index in [0.717, 1.165) is 37.3 Å². The van der Waals surface area contributed by atoms with Gasteiger partial charge in [0.05, 0.1) is 13.1 Å². The summed E-state index contributed by atoms with van der Waals surface area (Å²) in [7, 11) is 0. The van der Waals surface area contributed by atoms with Crippen LogP contribution in [0.3, 0.4) is 0 Å². The van der Waals surface area contributed by atoms with Crippen LogP contribution >= 0.6 is 0 Å². The van der Waals surface area contributed by atoms with Crippen molar-refractivity contribution in [2.24, 2.45) is 20.2 Å². The van der Waals surface area contributed by atoms with Crippen LogP contribution < -0.4 is 21.5 Å². The predicted molar refractivity (Wildman–Crippen MR) is 143 cm³/mol. The molecule has 3 aromatic carbocycles. The minimum atomic E-state index is 0.711. The Hall–Kier alpha value is -4.46. The highest BCUT2D eigenvalue weighted by Gasteiger charge is 2.10. The second-order valence-corrected chi connectivity index (χ2v) is 7.73. The lowest BCUT2D eigenvalue weighted by atomic mass is 9.91. The van der Waals surface area contributed by atoms with Gasteiger partial charge in [-0.3, -0.25) is 0 Å². The maximum absolute atomic E-state index is 4.27. The first-order chi connectivity index (χ1) is 16.9. The number of benzene rings is 3. The van der Waals surface area contributed by atoms with Crippen molar-refractivity contribution in [2.45, 2.75) is 0 Å². The average molecular weight is 451 g/mol. The zero-order valence-electron chi connectivity index (χ0n) is 18.7. The Morgan fingerprint density at radius 3 is 1.41 bits per heavy atom. The Balaban J connectivity index is 1.45. The van der Waals surface area contributed by atoms with E-state index < -0.39 is 0 Å². The topological polar surface area (TPSA) is 97.6 Å². The van der Waals surface area contributed by atoms with Crippen LogP contribution in [0.25, 0.3) is 33.7 Å². The fourth-order valence-electron chi connectivity index (χ4n) is 4.06. The lowest BCUT2D eigenvalue weighted by Gasteiger charge is -2.12. The maximum Gasteiger partial charge on any atom is 0.212 e. The Morgan fingerprint density at radius 1 is 0.647 bits per heavy atom. The predicted octanol–water partition coefficient (Wildman–Crippen LogP) is 3.09. The molecule has 0 saturated carbocycles. The summed E-state index contributed by atoms with van der Waals surface area (Å²) < 4.78 is 0. The molecular weight excluding hydrogens is 424 g/mol. The number of aliphatic imine (C=N–C) groups is 2. The molecule has 0 aromatic heterocycles. The third-order valence-corrected chi connectivity index (χ3v) is 5.55. The number of nitrogens with zero attached hydrogens (tertiary/aromatic N) is 4. The third kappa shape index (κ3) is 4.80. The van der Waals surface area contributed by atoms with Gasteiger partial charge >= 0.3 is 0 Å². The summed E-state index contributed by atoms with van der Waals surface area (Å²) in [4.78, 5) is 8.53. The Bertz CT molecular complexity index is 1200. The first-order valence-electron chi connectivity index (χ1n) is 11.3. The van der Waals surface area contributed by atoms with E-state index in [-0.39, 0.29) is 0 Å². The van der Waals surface area contributed by atoms with Crippen molar-refractivity contribution in [1.29, 1.82) is 0 Å². The van der Waals surface area contributed by atoms with Gasteiger partial charge in [0.2, 0.25) is 11.9 Å². The van der Waals surface area contributed by atoms with Crippen LogP contribution in [-0.2, 0) is 0 Å². The van der Waals surface area contributed by atoms with Gasteiger partial charge in [0.15, 0.2) is 0 Å². The minimum Gasteiger partial charge on any atom is -0.353 e. The van der Waals surface area contributed by atoms with Crippen molar-refractivity contribution >= 4 is 58.0 Å². The standard InChI is InChI=1S/C26H26N8/c1-2-8-20-19(7-1)23(11-5-13-31-33-25-27-15-16-28-25)21-9-3-4-10-22(21)24(20)12-6-14-32-34-26-29-17-18-30-26/h1-14H,15-18H2,(H2,27,28,33)(H2,29,30,34)/b11-5+,12-6+,31-13+,32-14+. The lowest BCUT2D eigenvalue weighted by molar-refractivity contribution is 0.920.